The van der Waals surface area contributed by atoms with Gasteiger partial charge >= 0.3 is 5.97 Å². The fourth-order valence-corrected chi connectivity index (χ4v) is 12.2. The van der Waals surface area contributed by atoms with Crippen molar-refractivity contribution in [3.63, 3.8) is 0 Å². The van der Waals surface area contributed by atoms with E-state index in [1.807, 2.05) is 55.1 Å². The second kappa shape index (κ2) is 14.4. The number of methoxy groups -OCH3 is 1. The van der Waals surface area contributed by atoms with Crippen molar-refractivity contribution in [3.8, 4) is 0 Å². The number of hydrogen-bond acceptors (Lipinski definition) is 7. The van der Waals surface area contributed by atoms with Crippen LogP contribution >= 0.6 is 11.3 Å². The van der Waals surface area contributed by atoms with E-state index in [0.29, 0.717) is 31.8 Å². The summed E-state index contributed by atoms with van der Waals surface area (Å²) in [4.78, 5) is 24.6. The molecule has 5 rings (SSSR count). The predicted molar refractivity (Wildman–Crippen MR) is 192 cm³/mol. The van der Waals surface area contributed by atoms with Crippen LogP contribution in [-0.4, -0.2) is 42.7 Å². The number of carbonyl (C=O) groups excluding carboxylic acids is 1. The molecular formula is C38H49N3O4SSi. The number of aromatic nitrogens is 2. The lowest BCUT2D eigenvalue weighted by Crippen LogP contribution is -2.68. The Hall–Kier alpha value is -3.37. The lowest BCUT2D eigenvalue weighted by atomic mass is 9.70. The van der Waals surface area contributed by atoms with Gasteiger partial charge in [0.15, 0.2) is 10.6 Å². The van der Waals surface area contributed by atoms with Crippen molar-refractivity contribution in [1.82, 2.24) is 9.55 Å². The van der Waals surface area contributed by atoms with Crippen LogP contribution in [0.2, 0.25) is 5.04 Å². The van der Waals surface area contributed by atoms with Crippen molar-refractivity contribution < 1.29 is 18.7 Å². The molecule has 2 aromatic carbocycles. The summed E-state index contributed by atoms with van der Waals surface area (Å²) in [5, 5.41) is 4.40. The van der Waals surface area contributed by atoms with E-state index < -0.39 is 19.3 Å². The van der Waals surface area contributed by atoms with Crippen LogP contribution in [0.3, 0.4) is 0 Å². The van der Waals surface area contributed by atoms with E-state index in [9.17, 15) is 4.79 Å². The van der Waals surface area contributed by atoms with Gasteiger partial charge in [0.25, 0.3) is 8.32 Å². The number of carbonyl (C=O) groups is 1. The molecule has 0 aliphatic heterocycles. The zero-order valence-corrected chi connectivity index (χ0v) is 30.7. The third-order valence-electron chi connectivity index (χ3n) is 8.93. The summed E-state index contributed by atoms with van der Waals surface area (Å²) in [5.41, 5.74) is -0.466. The smallest absolute Gasteiger partial charge is 0.312 e. The van der Waals surface area contributed by atoms with Gasteiger partial charge in [0.2, 0.25) is 0 Å². The van der Waals surface area contributed by atoms with E-state index in [4.69, 9.17) is 23.9 Å². The number of esters is 1. The molecule has 1 fully saturated rings. The second-order valence-corrected chi connectivity index (χ2v) is 19.7. The molecule has 0 atom stereocenters. The average Bonchev–Trinajstić information content (AvgIpc) is 3.46. The molecule has 9 heteroatoms. The molecule has 0 N–H and O–H groups in total. The van der Waals surface area contributed by atoms with Crippen LogP contribution in [0.5, 0.6) is 0 Å². The Kier molecular flexibility index (Phi) is 10.7. The average molecular weight is 672 g/mol. The van der Waals surface area contributed by atoms with Crippen molar-refractivity contribution in [3.05, 3.63) is 101 Å². The third kappa shape index (κ3) is 8.03. The van der Waals surface area contributed by atoms with Gasteiger partial charge in [-0.1, -0.05) is 87.5 Å². The molecule has 0 amide bonds. The van der Waals surface area contributed by atoms with E-state index in [0.717, 1.165) is 23.3 Å². The molecule has 0 radical (unpaired) electrons. The third-order valence-corrected chi connectivity index (χ3v) is 14.8. The Balaban J connectivity index is 1.45. The van der Waals surface area contributed by atoms with Gasteiger partial charge in [0.1, 0.15) is 12.3 Å². The monoisotopic (exact) mass is 671 g/mol. The molecule has 7 nitrogen and oxygen atoms in total. The van der Waals surface area contributed by atoms with Crippen LogP contribution in [0.4, 0.5) is 5.82 Å². The molecule has 1 saturated carbocycles. The number of hydrogen-bond donors (Lipinski definition) is 0. The molecule has 2 aromatic heterocycles. The van der Waals surface area contributed by atoms with Crippen molar-refractivity contribution >= 4 is 41.8 Å². The molecule has 0 unspecified atom stereocenters. The number of pyridine rings is 1. The minimum atomic E-state index is -2.72. The van der Waals surface area contributed by atoms with Gasteiger partial charge in [-0.25, -0.2) is 9.98 Å². The van der Waals surface area contributed by atoms with Crippen molar-refractivity contribution in [2.45, 2.75) is 97.1 Å². The Morgan fingerprint density at radius 1 is 0.936 bits per heavy atom. The number of nitrogens with zero attached hydrogens (tertiary/aromatic N) is 3. The Morgan fingerprint density at radius 3 is 2.11 bits per heavy atom. The van der Waals surface area contributed by atoms with Crippen LogP contribution in [0.25, 0.3) is 0 Å². The van der Waals surface area contributed by atoms with Gasteiger partial charge in [0.05, 0.1) is 5.41 Å². The van der Waals surface area contributed by atoms with Crippen LogP contribution in [0.1, 0.15) is 72.9 Å². The first-order valence-electron chi connectivity index (χ1n) is 16.5. The Morgan fingerprint density at radius 2 is 1.55 bits per heavy atom. The molecule has 250 valence electrons. The van der Waals surface area contributed by atoms with Crippen LogP contribution in [0, 0.1) is 5.41 Å². The number of thiazole rings is 1. The second-order valence-electron chi connectivity index (χ2n) is 14.6. The fourth-order valence-electron chi connectivity index (χ4n) is 6.74. The van der Waals surface area contributed by atoms with Gasteiger partial charge in [-0.2, -0.15) is 0 Å². The lowest BCUT2D eigenvalue weighted by Gasteiger charge is -2.47. The summed E-state index contributed by atoms with van der Waals surface area (Å²) >= 11 is 1.53. The standard InChI is InChI=1S/C38H49N3O4SSi/c1-36(2,3)44-34(42)38(27-29-15-14-20-33(39-29)40-35-41(28-43-7)25-26-46-35)23-21-30(22-24-38)45-47(37(4,5)6,31-16-10-8-11-17-31)32-18-12-9-13-19-32/h8-20,25-26,30H,21-24,27-28H2,1-7H3/b40-35-. The molecule has 1 aliphatic rings. The van der Waals surface area contributed by atoms with Gasteiger partial charge in [-0.05, 0) is 74.0 Å². The maximum Gasteiger partial charge on any atom is 0.312 e. The van der Waals surface area contributed by atoms with Gasteiger partial charge in [-0.15, -0.1) is 11.3 Å². The van der Waals surface area contributed by atoms with Gasteiger partial charge in [-0.3, -0.25) is 9.36 Å². The summed E-state index contributed by atoms with van der Waals surface area (Å²) in [6, 6.07) is 27.4. The predicted octanol–water partition coefficient (Wildman–Crippen LogP) is 7.17. The Bertz CT molecular complexity index is 1640. The first-order valence-corrected chi connectivity index (χ1v) is 19.3. The summed E-state index contributed by atoms with van der Waals surface area (Å²) in [6.07, 6.45) is 5.29. The van der Waals surface area contributed by atoms with Crippen molar-refractivity contribution in [1.29, 1.82) is 0 Å². The highest BCUT2D eigenvalue weighted by Crippen LogP contribution is 2.45. The highest BCUT2D eigenvalue weighted by atomic mass is 32.1. The van der Waals surface area contributed by atoms with E-state index in [1.54, 1.807) is 7.11 Å². The minimum absolute atomic E-state index is 0.0150. The zero-order chi connectivity index (χ0) is 33.7. The summed E-state index contributed by atoms with van der Waals surface area (Å²) < 4.78 is 20.8. The Labute approximate surface area is 284 Å². The van der Waals surface area contributed by atoms with Crippen LogP contribution in [0.15, 0.2) is 95.4 Å². The minimum Gasteiger partial charge on any atom is -0.460 e. The molecule has 0 saturated heterocycles. The largest absolute Gasteiger partial charge is 0.460 e. The topological polar surface area (TPSA) is 74.9 Å². The van der Waals surface area contributed by atoms with Crippen LogP contribution in [-0.2, 0) is 31.8 Å². The molecule has 1 aliphatic carbocycles. The number of rotatable bonds is 10. The molecular weight excluding hydrogens is 623 g/mol. The molecule has 0 bridgehead atoms. The quantitative estimate of drug-likeness (QED) is 0.132. The first-order chi connectivity index (χ1) is 22.4. The fraction of sp³-hybridized carbons (Fsp3) is 0.447. The summed E-state index contributed by atoms with van der Waals surface area (Å²) in [5.74, 6) is 0.451. The number of benzene rings is 2. The van der Waals surface area contributed by atoms with E-state index in [-0.39, 0.29) is 17.1 Å². The molecule has 4 aromatic rings. The zero-order valence-electron chi connectivity index (χ0n) is 28.9. The van der Waals surface area contributed by atoms with E-state index >= 15 is 0 Å². The van der Waals surface area contributed by atoms with Gasteiger partial charge in [0, 0.05) is 36.9 Å². The highest BCUT2D eigenvalue weighted by molar-refractivity contribution is 7.07. The molecule has 2 heterocycles. The van der Waals surface area contributed by atoms with Crippen molar-refractivity contribution in [2.75, 3.05) is 7.11 Å². The molecule has 0 spiro atoms. The first kappa shape index (κ1) is 34.9. The summed E-state index contributed by atoms with van der Waals surface area (Å²) in [7, 11) is -1.06. The highest BCUT2D eigenvalue weighted by Gasteiger charge is 2.53. The SMILES string of the molecule is COCn1ccs/c1=N\c1cccc(CC2(C(=O)OC(C)(C)C)CCC(O[Si](c3ccccc3)(c3ccccc3)C(C)(C)C)CC2)n1. The molecule has 47 heavy (non-hydrogen) atoms. The van der Waals surface area contributed by atoms with E-state index in [2.05, 4.69) is 81.4 Å². The lowest BCUT2D eigenvalue weighted by molar-refractivity contribution is -0.171. The van der Waals surface area contributed by atoms with Gasteiger partial charge < -0.3 is 13.9 Å². The van der Waals surface area contributed by atoms with Crippen molar-refractivity contribution in [2.24, 2.45) is 10.4 Å². The van der Waals surface area contributed by atoms with E-state index in [1.165, 1.54) is 21.7 Å². The number of ether oxygens (including phenoxy) is 2. The van der Waals surface area contributed by atoms with Crippen LogP contribution < -0.4 is 15.2 Å². The summed E-state index contributed by atoms with van der Waals surface area (Å²) in [6.45, 7) is 13.1. The maximum absolute atomic E-state index is 14.1. The normalized spacial score (nSPS) is 19.5. The maximum atomic E-state index is 14.1.